The van der Waals surface area contributed by atoms with Crippen molar-refractivity contribution < 1.29 is 9.53 Å². The standard InChI is InChI=1S/C15H25N5O2/c1-18-7-8-22-13(10-18)11-20(9-12-3-4-12)15(21)17-14-5-6-16-19(14)2/h5-6,12-13H,3-4,7-11H2,1-2H3,(H,17,21)/t13-/m0/s1. The van der Waals surface area contributed by atoms with E-state index >= 15 is 0 Å². The van der Waals surface area contributed by atoms with E-state index in [1.807, 2.05) is 11.9 Å². The number of hydrogen-bond acceptors (Lipinski definition) is 4. The molecule has 2 heterocycles. The topological polar surface area (TPSA) is 62.6 Å². The quantitative estimate of drug-likeness (QED) is 0.881. The molecule has 1 N–H and O–H groups in total. The van der Waals surface area contributed by atoms with Crippen molar-refractivity contribution in [1.82, 2.24) is 19.6 Å². The molecule has 2 aliphatic rings. The lowest BCUT2D eigenvalue weighted by Crippen LogP contribution is -2.49. The largest absolute Gasteiger partial charge is 0.374 e. The molecule has 122 valence electrons. The minimum atomic E-state index is -0.0627. The second-order valence-electron chi connectivity index (χ2n) is 6.37. The van der Waals surface area contributed by atoms with Crippen molar-refractivity contribution in [3.8, 4) is 0 Å². The Kier molecular flexibility index (Phi) is 4.63. The van der Waals surface area contributed by atoms with E-state index in [4.69, 9.17) is 4.74 Å². The van der Waals surface area contributed by atoms with Gasteiger partial charge >= 0.3 is 6.03 Å². The number of carbonyl (C=O) groups is 1. The minimum Gasteiger partial charge on any atom is -0.374 e. The van der Waals surface area contributed by atoms with Crippen LogP contribution < -0.4 is 5.32 Å². The number of amides is 2. The number of anilines is 1. The van der Waals surface area contributed by atoms with Gasteiger partial charge < -0.3 is 14.5 Å². The summed E-state index contributed by atoms with van der Waals surface area (Å²) >= 11 is 0. The Balaban J connectivity index is 1.60. The summed E-state index contributed by atoms with van der Waals surface area (Å²) in [4.78, 5) is 16.7. The first kappa shape index (κ1) is 15.3. The van der Waals surface area contributed by atoms with Crippen molar-refractivity contribution in [2.45, 2.75) is 18.9 Å². The number of aromatic nitrogens is 2. The highest BCUT2D eigenvalue weighted by Crippen LogP contribution is 2.30. The number of morpholine rings is 1. The highest BCUT2D eigenvalue weighted by molar-refractivity contribution is 5.88. The molecule has 1 aliphatic heterocycles. The maximum absolute atomic E-state index is 12.6. The fourth-order valence-electron chi connectivity index (χ4n) is 2.76. The highest BCUT2D eigenvalue weighted by Gasteiger charge is 2.30. The summed E-state index contributed by atoms with van der Waals surface area (Å²) in [7, 11) is 3.91. The summed E-state index contributed by atoms with van der Waals surface area (Å²) in [5.41, 5.74) is 0. The van der Waals surface area contributed by atoms with Crippen molar-refractivity contribution in [3.63, 3.8) is 0 Å². The molecule has 2 fully saturated rings. The molecule has 3 rings (SSSR count). The third-order valence-electron chi connectivity index (χ3n) is 4.28. The van der Waals surface area contributed by atoms with Crippen LogP contribution in [0.2, 0.25) is 0 Å². The Morgan fingerprint density at radius 2 is 2.27 bits per heavy atom. The van der Waals surface area contributed by atoms with Gasteiger partial charge in [0.05, 0.1) is 18.9 Å². The number of rotatable bonds is 5. The number of hydrogen-bond donors (Lipinski definition) is 1. The molecule has 0 bridgehead atoms. The van der Waals surface area contributed by atoms with Gasteiger partial charge in [-0.3, -0.25) is 10.00 Å². The number of carbonyl (C=O) groups excluding carboxylic acids is 1. The van der Waals surface area contributed by atoms with E-state index in [2.05, 4.69) is 22.4 Å². The SMILES string of the molecule is CN1CCO[C@H](CN(CC2CC2)C(=O)Nc2ccnn2C)C1. The molecule has 0 unspecified atom stereocenters. The van der Waals surface area contributed by atoms with Crippen molar-refractivity contribution in [1.29, 1.82) is 0 Å². The summed E-state index contributed by atoms with van der Waals surface area (Å²) in [6.45, 7) is 4.03. The fraction of sp³-hybridized carbons (Fsp3) is 0.733. The zero-order valence-electron chi connectivity index (χ0n) is 13.4. The van der Waals surface area contributed by atoms with Crippen LogP contribution in [0.5, 0.6) is 0 Å². The molecule has 1 aromatic heterocycles. The molecule has 1 saturated carbocycles. The first-order valence-corrected chi connectivity index (χ1v) is 7.96. The van der Waals surface area contributed by atoms with Crippen molar-refractivity contribution in [2.75, 3.05) is 45.2 Å². The van der Waals surface area contributed by atoms with Crippen LogP contribution in [0.4, 0.5) is 10.6 Å². The second-order valence-corrected chi connectivity index (χ2v) is 6.37. The van der Waals surface area contributed by atoms with Crippen LogP contribution in [0.3, 0.4) is 0 Å². The lowest BCUT2D eigenvalue weighted by atomic mass is 10.2. The predicted molar refractivity (Wildman–Crippen MR) is 83.8 cm³/mol. The number of aryl methyl sites for hydroxylation is 1. The molecular formula is C15H25N5O2. The maximum Gasteiger partial charge on any atom is 0.323 e. The van der Waals surface area contributed by atoms with Gasteiger partial charge in [-0.05, 0) is 25.8 Å². The average Bonchev–Trinajstić information content (AvgIpc) is 3.21. The van der Waals surface area contributed by atoms with E-state index < -0.39 is 0 Å². The van der Waals surface area contributed by atoms with Gasteiger partial charge in [-0.2, -0.15) is 5.10 Å². The smallest absolute Gasteiger partial charge is 0.323 e. The van der Waals surface area contributed by atoms with Crippen LogP contribution in [0.15, 0.2) is 12.3 Å². The summed E-state index contributed by atoms with van der Waals surface area (Å²) in [5.74, 6) is 1.37. The summed E-state index contributed by atoms with van der Waals surface area (Å²) in [6, 6.07) is 1.74. The molecule has 7 heteroatoms. The number of likely N-dealkylation sites (N-methyl/N-ethyl adjacent to an activating group) is 1. The van der Waals surface area contributed by atoms with Gasteiger partial charge in [-0.1, -0.05) is 0 Å². The first-order chi connectivity index (χ1) is 10.6. The Bertz CT molecular complexity index is 514. The zero-order chi connectivity index (χ0) is 15.5. The van der Waals surface area contributed by atoms with Gasteiger partial charge in [-0.25, -0.2) is 4.79 Å². The predicted octanol–water partition coefficient (Wildman–Crippen LogP) is 0.995. The molecule has 22 heavy (non-hydrogen) atoms. The van der Waals surface area contributed by atoms with Crippen molar-refractivity contribution in [2.24, 2.45) is 13.0 Å². The van der Waals surface area contributed by atoms with Gasteiger partial charge in [0.15, 0.2) is 0 Å². The van der Waals surface area contributed by atoms with Gasteiger partial charge in [0.25, 0.3) is 0 Å². The Labute approximate surface area is 131 Å². The third-order valence-corrected chi connectivity index (χ3v) is 4.28. The van der Waals surface area contributed by atoms with E-state index in [-0.39, 0.29) is 12.1 Å². The summed E-state index contributed by atoms with van der Waals surface area (Å²) < 4.78 is 7.47. The van der Waals surface area contributed by atoms with E-state index in [1.54, 1.807) is 16.9 Å². The number of nitrogens with one attached hydrogen (secondary N) is 1. The molecule has 1 aromatic rings. The lowest BCUT2D eigenvalue weighted by molar-refractivity contribution is -0.0302. The van der Waals surface area contributed by atoms with Crippen LogP contribution in [-0.4, -0.2) is 71.5 Å². The molecular weight excluding hydrogens is 282 g/mol. The number of urea groups is 1. The van der Waals surface area contributed by atoms with Gasteiger partial charge in [0, 0.05) is 39.3 Å². The van der Waals surface area contributed by atoms with Crippen LogP contribution in [0, 0.1) is 5.92 Å². The summed E-state index contributed by atoms with van der Waals surface area (Å²) in [6.07, 6.45) is 4.22. The average molecular weight is 307 g/mol. The maximum atomic E-state index is 12.6. The van der Waals surface area contributed by atoms with Gasteiger partial charge in [0.2, 0.25) is 0 Å². The third kappa shape index (κ3) is 3.98. The molecule has 0 aromatic carbocycles. The fourth-order valence-corrected chi connectivity index (χ4v) is 2.76. The van der Waals surface area contributed by atoms with Crippen LogP contribution in [-0.2, 0) is 11.8 Å². The molecule has 1 saturated heterocycles. The number of ether oxygens (including phenoxy) is 1. The van der Waals surface area contributed by atoms with Crippen molar-refractivity contribution in [3.05, 3.63) is 12.3 Å². The monoisotopic (exact) mass is 307 g/mol. The van der Waals surface area contributed by atoms with Crippen molar-refractivity contribution >= 4 is 11.8 Å². The molecule has 7 nitrogen and oxygen atoms in total. The van der Waals surface area contributed by atoms with E-state index in [9.17, 15) is 4.79 Å². The molecule has 0 radical (unpaired) electrons. The van der Waals surface area contributed by atoms with E-state index in [1.165, 1.54) is 12.8 Å². The molecule has 0 spiro atoms. The molecule has 2 amide bonds. The normalized spacial score (nSPS) is 22.5. The first-order valence-electron chi connectivity index (χ1n) is 7.96. The molecule has 1 atom stereocenters. The Hall–Kier alpha value is -1.60. The van der Waals surface area contributed by atoms with Gasteiger partial charge in [-0.15, -0.1) is 0 Å². The van der Waals surface area contributed by atoms with Crippen LogP contribution in [0.25, 0.3) is 0 Å². The Morgan fingerprint density at radius 1 is 1.45 bits per heavy atom. The van der Waals surface area contributed by atoms with E-state index in [0.717, 1.165) is 26.2 Å². The number of nitrogens with zero attached hydrogens (tertiary/aromatic N) is 4. The lowest BCUT2D eigenvalue weighted by Gasteiger charge is -2.34. The van der Waals surface area contributed by atoms with Crippen LogP contribution >= 0.6 is 0 Å². The Morgan fingerprint density at radius 3 is 2.91 bits per heavy atom. The van der Waals surface area contributed by atoms with Gasteiger partial charge in [0.1, 0.15) is 5.82 Å². The van der Waals surface area contributed by atoms with E-state index in [0.29, 0.717) is 18.3 Å². The zero-order valence-corrected chi connectivity index (χ0v) is 13.4. The minimum absolute atomic E-state index is 0.0627. The highest BCUT2D eigenvalue weighted by atomic mass is 16.5. The summed E-state index contributed by atoms with van der Waals surface area (Å²) in [5, 5.41) is 7.02. The second kappa shape index (κ2) is 6.66. The molecule has 1 aliphatic carbocycles. The van der Waals surface area contributed by atoms with Crippen LogP contribution in [0.1, 0.15) is 12.8 Å².